The Kier molecular flexibility index (Phi) is 4.74. The van der Waals surface area contributed by atoms with E-state index in [1.807, 2.05) is 12.1 Å². The van der Waals surface area contributed by atoms with Gasteiger partial charge in [-0.1, -0.05) is 12.1 Å². The van der Waals surface area contributed by atoms with Crippen LogP contribution >= 0.6 is 0 Å². The van der Waals surface area contributed by atoms with E-state index in [0.29, 0.717) is 18.7 Å². The number of amides is 2. The van der Waals surface area contributed by atoms with Gasteiger partial charge in [0, 0.05) is 25.7 Å². The zero-order valence-corrected chi connectivity index (χ0v) is 11.8. The van der Waals surface area contributed by atoms with Gasteiger partial charge in [-0.15, -0.1) is 0 Å². The molecule has 1 heterocycles. The largest absolute Gasteiger partial charge is 0.357 e. The molecule has 1 aliphatic rings. The van der Waals surface area contributed by atoms with Crippen molar-refractivity contribution in [3.8, 4) is 0 Å². The molecule has 1 unspecified atom stereocenters. The maximum Gasteiger partial charge on any atom is 0.254 e. The standard InChI is InChI=1S/C15H21N3O2/c1-17-14(19)13-7-2-3-8-18(13)15(20)12-6-4-5-11(9-12)10-16/h4-6,9,13H,2-3,7-8,10,16H2,1H3,(H,17,19). The van der Waals surface area contributed by atoms with Crippen LogP contribution in [0.4, 0.5) is 0 Å². The fourth-order valence-corrected chi connectivity index (χ4v) is 2.61. The molecule has 0 radical (unpaired) electrons. The van der Waals surface area contributed by atoms with Crippen LogP contribution in [0.2, 0.25) is 0 Å². The van der Waals surface area contributed by atoms with Gasteiger partial charge in [0.1, 0.15) is 6.04 Å². The van der Waals surface area contributed by atoms with E-state index in [1.165, 1.54) is 0 Å². The molecule has 1 atom stereocenters. The number of likely N-dealkylation sites (tertiary alicyclic amines) is 1. The maximum absolute atomic E-state index is 12.6. The number of piperidine rings is 1. The highest BCUT2D eigenvalue weighted by Gasteiger charge is 2.31. The Balaban J connectivity index is 2.22. The first-order chi connectivity index (χ1) is 9.67. The van der Waals surface area contributed by atoms with Crippen molar-refractivity contribution in [1.82, 2.24) is 10.2 Å². The summed E-state index contributed by atoms with van der Waals surface area (Å²) in [6, 6.07) is 6.94. The monoisotopic (exact) mass is 275 g/mol. The molecular formula is C15H21N3O2. The highest BCUT2D eigenvalue weighted by Crippen LogP contribution is 2.20. The van der Waals surface area contributed by atoms with Crippen LogP contribution in [-0.4, -0.2) is 36.3 Å². The fraction of sp³-hybridized carbons (Fsp3) is 0.467. The Bertz CT molecular complexity index is 502. The predicted molar refractivity (Wildman–Crippen MR) is 77.1 cm³/mol. The van der Waals surface area contributed by atoms with E-state index < -0.39 is 0 Å². The molecule has 2 amide bonds. The third-order valence-electron chi connectivity index (χ3n) is 3.72. The van der Waals surface area contributed by atoms with Gasteiger partial charge in [0.2, 0.25) is 5.91 Å². The highest BCUT2D eigenvalue weighted by atomic mass is 16.2. The van der Waals surface area contributed by atoms with Crippen molar-refractivity contribution in [3.63, 3.8) is 0 Å². The average Bonchev–Trinajstić information content (AvgIpc) is 2.53. The second-order valence-electron chi connectivity index (χ2n) is 5.03. The molecule has 20 heavy (non-hydrogen) atoms. The van der Waals surface area contributed by atoms with Crippen molar-refractivity contribution in [1.29, 1.82) is 0 Å². The Morgan fingerprint density at radius 2 is 2.20 bits per heavy atom. The van der Waals surface area contributed by atoms with Crippen LogP contribution in [0.1, 0.15) is 35.2 Å². The lowest BCUT2D eigenvalue weighted by atomic mass is 9.99. The summed E-state index contributed by atoms with van der Waals surface area (Å²) in [7, 11) is 1.61. The lowest BCUT2D eigenvalue weighted by molar-refractivity contribution is -0.126. The van der Waals surface area contributed by atoms with Crippen molar-refractivity contribution in [3.05, 3.63) is 35.4 Å². The maximum atomic E-state index is 12.6. The molecule has 0 bridgehead atoms. The van der Waals surface area contributed by atoms with Gasteiger partial charge < -0.3 is 16.0 Å². The van der Waals surface area contributed by atoms with Crippen molar-refractivity contribution in [2.24, 2.45) is 5.73 Å². The molecule has 1 aliphatic heterocycles. The lowest BCUT2D eigenvalue weighted by Crippen LogP contribution is -2.51. The highest BCUT2D eigenvalue weighted by molar-refractivity contribution is 5.97. The number of likely N-dealkylation sites (N-methyl/N-ethyl adjacent to an activating group) is 1. The van der Waals surface area contributed by atoms with Crippen LogP contribution < -0.4 is 11.1 Å². The van der Waals surface area contributed by atoms with Crippen molar-refractivity contribution < 1.29 is 9.59 Å². The first-order valence-corrected chi connectivity index (χ1v) is 6.99. The minimum absolute atomic E-state index is 0.0893. The van der Waals surface area contributed by atoms with E-state index in [0.717, 1.165) is 24.8 Å². The zero-order chi connectivity index (χ0) is 14.5. The molecule has 0 aromatic heterocycles. The Morgan fingerprint density at radius 3 is 2.90 bits per heavy atom. The molecule has 0 spiro atoms. The van der Waals surface area contributed by atoms with E-state index in [4.69, 9.17) is 5.73 Å². The molecule has 5 nitrogen and oxygen atoms in total. The van der Waals surface area contributed by atoms with Gasteiger partial charge in [-0.3, -0.25) is 9.59 Å². The number of nitrogens with one attached hydrogen (secondary N) is 1. The van der Waals surface area contributed by atoms with E-state index in [2.05, 4.69) is 5.32 Å². The Labute approximate surface area is 119 Å². The molecule has 0 saturated carbocycles. The van der Waals surface area contributed by atoms with Gasteiger partial charge >= 0.3 is 0 Å². The van der Waals surface area contributed by atoms with Crippen LogP contribution in [0.5, 0.6) is 0 Å². The molecule has 0 aliphatic carbocycles. The van der Waals surface area contributed by atoms with Crippen LogP contribution in [0.25, 0.3) is 0 Å². The number of rotatable bonds is 3. The summed E-state index contributed by atoms with van der Waals surface area (Å²) in [5.41, 5.74) is 7.13. The molecule has 108 valence electrons. The van der Waals surface area contributed by atoms with Crippen molar-refractivity contribution >= 4 is 11.8 Å². The van der Waals surface area contributed by atoms with Gasteiger partial charge in [0.15, 0.2) is 0 Å². The van der Waals surface area contributed by atoms with Crippen molar-refractivity contribution in [2.75, 3.05) is 13.6 Å². The topological polar surface area (TPSA) is 75.4 Å². The summed E-state index contributed by atoms with van der Waals surface area (Å²) in [5.74, 6) is -0.179. The Hall–Kier alpha value is -1.88. The first kappa shape index (κ1) is 14.5. The smallest absolute Gasteiger partial charge is 0.254 e. The molecule has 1 saturated heterocycles. The van der Waals surface area contributed by atoms with Gasteiger partial charge in [0.25, 0.3) is 5.91 Å². The summed E-state index contributed by atoms with van der Waals surface area (Å²) in [6.45, 7) is 1.03. The number of nitrogens with zero attached hydrogens (tertiary/aromatic N) is 1. The summed E-state index contributed by atoms with van der Waals surface area (Å²) in [6.07, 6.45) is 2.64. The summed E-state index contributed by atoms with van der Waals surface area (Å²) >= 11 is 0. The number of nitrogens with two attached hydrogens (primary N) is 1. The quantitative estimate of drug-likeness (QED) is 0.860. The third-order valence-corrected chi connectivity index (χ3v) is 3.72. The van der Waals surface area contributed by atoms with Crippen molar-refractivity contribution in [2.45, 2.75) is 31.8 Å². The minimum Gasteiger partial charge on any atom is -0.357 e. The minimum atomic E-state index is -0.359. The number of benzene rings is 1. The van der Waals surface area contributed by atoms with E-state index >= 15 is 0 Å². The summed E-state index contributed by atoms with van der Waals surface area (Å²) in [4.78, 5) is 26.2. The van der Waals surface area contributed by atoms with E-state index in [1.54, 1.807) is 24.1 Å². The summed E-state index contributed by atoms with van der Waals surface area (Å²) < 4.78 is 0. The molecule has 1 aromatic rings. The molecule has 3 N–H and O–H groups in total. The van der Waals surface area contributed by atoms with E-state index in [9.17, 15) is 9.59 Å². The van der Waals surface area contributed by atoms with Gasteiger partial charge in [-0.05, 0) is 37.0 Å². The predicted octanol–water partition coefficient (Wildman–Crippen LogP) is 0.886. The van der Waals surface area contributed by atoms with Gasteiger partial charge in [-0.25, -0.2) is 0 Å². The van der Waals surface area contributed by atoms with Crippen LogP contribution in [-0.2, 0) is 11.3 Å². The SMILES string of the molecule is CNC(=O)C1CCCCN1C(=O)c1cccc(CN)c1. The van der Waals surface area contributed by atoms with E-state index in [-0.39, 0.29) is 17.9 Å². The molecule has 1 aromatic carbocycles. The third kappa shape index (κ3) is 2.99. The van der Waals surface area contributed by atoms with Gasteiger partial charge in [-0.2, -0.15) is 0 Å². The van der Waals surface area contributed by atoms with Crippen LogP contribution in [0, 0.1) is 0 Å². The average molecular weight is 275 g/mol. The van der Waals surface area contributed by atoms with Crippen LogP contribution in [0.15, 0.2) is 24.3 Å². The number of carbonyl (C=O) groups excluding carboxylic acids is 2. The molecule has 1 fully saturated rings. The van der Waals surface area contributed by atoms with Gasteiger partial charge in [0.05, 0.1) is 0 Å². The first-order valence-electron chi connectivity index (χ1n) is 6.99. The fourth-order valence-electron chi connectivity index (χ4n) is 2.61. The second-order valence-corrected chi connectivity index (χ2v) is 5.03. The number of hydrogen-bond acceptors (Lipinski definition) is 3. The van der Waals surface area contributed by atoms with Crippen LogP contribution in [0.3, 0.4) is 0 Å². The molecular weight excluding hydrogens is 254 g/mol. The molecule has 5 heteroatoms. The number of hydrogen-bond donors (Lipinski definition) is 2. The summed E-state index contributed by atoms with van der Waals surface area (Å²) in [5, 5.41) is 2.64. The Morgan fingerprint density at radius 1 is 1.40 bits per heavy atom. The lowest BCUT2D eigenvalue weighted by Gasteiger charge is -2.34. The second kappa shape index (κ2) is 6.52. The number of carbonyl (C=O) groups is 2. The normalized spacial score (nSPS) is 18.7. The zero-order valence-electron chi connectivity index (χ0n) is 11.8. The molecule has 2 rings (SSSR count).